The van der Waals surface area contributed by atoms with Crippen molar-refractivity contribution in [2.45, 2.75) is 6.36 Å². The number of para-hydroxylation sites is 1. The highest BCUT2D eigenvalue weighted by Gasteiger charge is 2.32. The fraction of sp³-hybridized carbons (Fsp3) is 0.0833. The molecule has 1 aromatic heterocycles. The van der Waals surface area contributed by atoms with Gasteiger partial charge in [0.15, 0.2) is 0 Å². The van der Waals surface area contributed by atoms with E-state index in [0.717, 1.165) is 12.1 Å². The van der Waals surface area contributed by atoms with E-state index in [0.29, 0.717) is 0 Å². The van der Waals surface area contributed by atoms with Crippen molar-refractivity contribution < 1.29 is 22.3 Å². The summed E-state index contributed by atoms with van der Waals surface area (Å²) in [6, 6.07) is 7.74. The Labute approximate surface area is 99.8 Å². The zero-order valence-corrected chi connectivity index (χ0v) is 8.91. The standard InChI is InChI=1S/C12H7F4NO/c13-9-5-3-7-17-11(9)8-4-1-2-6-10(8)18-12(14,15)16/h1-7H. The molecule has 0 saturated heterocycles. The first-order valence-electron chi connectivity index (χ1n) is 4.93. The summed E-state index contributed by atoms with van der Waals surface area (Å²) in [5, 5.41) is 0. The molecule has 0 saturated carbocycles. The van der Waals surface area contributed by atoms with E-state index in [-0.39, 0.29) is 11.3 Å². The Bertz CT molecular complexity index is 554. The number of nitrogens with zero attached hydrogens (tertiary/aromatic N) is 1. The van der Waals surface area contributed by atoms with Crippen LogP contribution in [0.25, 0.3) is 11.3 Å². The quantitative estimate of drug-likeness (QED) is 0.764. The molecule has 2 rings (SSSR count). The fourth-order valence-electron chi connectivity index (χ4n) is 1.46. The summed E-state index contributed by atoms with van der Waals surface area (Å²) in [5.74, 6) is -1.20. The number of hydrogen-bond acceptors (Lipinski definition) is 2. The molecule has 0 spiro atoms. The van der Waals surface area contributed by atoms with Crippen molar-refractivity contribution in [1.29, 1.82) is 0 Å². The molecule has 0 aliphatic heterocycles. The van der Waals surface area contributed by atoms with Crippen LogP contribution in [0.15, 0.2) is 42.6 Å². The summed E-state index contributed by atoms with van der Waals surface area (Å²) in [7, 11) is 0. The molecule has 0 bridgehead atoms. The topological polar surface area (TPSA) is 22.1 Å². The van der Waals surface area contributed by atoms with Gasteiger partial charge in [0.1, 0.15) is 17.3 Å². The molecule has 0 radical (unpaired) electrons. The summed E-state index contributed by atoms with van der Waals surface area (Å²) < 4.78 is 53.9. The number of benzene rings is 1. The van der Waals surface area contributed by atoms with Gasteiger partial charge in [-0.2, -0.15) is 0 Å². The van der Waals surface area contributed by atoms with E-state index in [1.54, 1.807) is 0 Å². The predicted molar refractivity (Wildman–Crippen MR) is 56.3 cm³/mol. The third-order valence-electron chi connectivity index (χ3n) is 2.13. The highest BCUT2D eigenvalue weighted by atomic mass is 19.4. The van der Waals surface area contributed by atoms with Gasteiger partial charge in [-0.05, 0) is 24.3 Å². The maximum atomic E-state index is 13.5. The summed E-state index contributed by atoms with van der Waals surface area (Å²) in [5.41, 5.74) is -0.231. The number of hydrogen-bond donors (Lipinski definition) is 0. The van der Waals surface area contributed by atoms with Crippen molar-refractivity contribution in [1.82, 2.24) is 4.98 Å². The van der Waals surface area contributed by atoms with Gasteiger partial charge in [-0.3, -0.25) is 4.98 Å². The minimum atomic E-state index is -4.83. The van der Waals surface area contributed by atoms with Gasteiger partial charge in [0, 0.05) is 11.8 Å². The molecule has 0 aliphatic rings. The Hall–Kier alpha value is -2.11. The summed E-state index contributed by atoms with van der Waals surface area (Å²) >= 11 is 0. The van der Waals surface area contributed by atoms with Gasteiger partial charge >= 0.3 is 6.36 Å². The van der Waals surface area contributed by atoms with E-state index in [2.05, 4.69) is 9.72 Å². The summed E-state index contributed by atoms with van der Waals surface area (Å²) in [6.45, 7) is 0. The van der Waals surface area contributed by atoms with E-state index < -0.39 is 17.9 Å². The molecule has 0 aliphatic carbocycles. The number of aromatic nitrogens is 1. The average Bonchev–Trinajstić information content (AvgIpc) is 2.29. The lowest BCUT2D eigenvalue weighted by Crippen LogP contribution is -2.17. The smallest absolute Gasteiger partial charge is 0.405 e. The molecule has 2 nitrogen and oxygen atoms in total. The Morgan fingerprint density at radius 3 is 2.39 bits per heavy atom. The molecule has 2 aromatic rings. The first-order valence-corrected chi connectivity index (χ1v) is 4.93. The van der Waals surface area contributed by atoms with Crippen molar-refractivity contribution in [2.75, 3.05) is 0 Å². The fourth-order valence-corrected chi connectivity index (χ4v) is 1.46. The minimum absolute atomic E-state index is 0.0482. The van der Waals surface area contributed by atoms with Crippen molar-refractivity contribution in [2.24, 2.45) is 0 Å². The van der Waals surface area contributed by atoms with Crippen LogP contribution in [0.4, 0.5) is 17.6 Å². The zero-order chi connectivity index (χ0) is 13.2. The predicted octanol–water partition coefficient (Wildman–Crippen LogP) is 3.79. The summed E-state index contributed by atoms with van der Waals surface area (Å²) in [4.78, 5) is 3.72. The van der Waals surface area contributed by atoms with Crippen molar-refractivity contribution in [3.8, 4) is 17.0 Å². The van der Waals surface area contributed by atoms with Crippen molar-refractivity contribution in [3.05, 3.63) is 48.4 Å². The second-order valence-electron chi connectivity index (χ2n) is 3.38. The first kappa shape index (κ1) is 12.3. The van der Waals surface area contributed by atoms with E-state index in [1.807, 2.05) is 0 Å². The van der Waals surface area contributed by atoms with Crippen LogP contribution in [-0.2, 0) is 0 Å². The Morgan fingerprint density at radius 2 is 1.72 bits per heavy atom. The van der Waals surface area contributed by atoms with Crippen LogP contribution in [0, 0.1) is 5.82 Å². The largest absolute Gasteiger partial charge is 0.573 e. The van der Waals surface area contributed by atoms with Gasteiger partial charge in [0.05, 0.1) is 0 Å². The van der Waals surface area contributed by atoms with Crippen LogP contribution >= 0.6 is 0 Å². The molecule has 94 valence electrons. The Kier molecular flexibility index (Phi) is 3.18. The van der Waals surface area contributed by atoms with Crippen LogP contribution < -0.4 is 4.74 Å². The van der Waals surface area contributed by atoms with E-state index in [4.69, 9.17) is 0 Å². The second kappa shape index (κ2) is 4.64. The SMILES string of the molecule is Fc1cccnc1-c1ccccc1OC(F)(F)F. The maximum Gasteiger partial charge on any atom is 0.573 e. The summed E-state index contributed by atoms with van der Waals surface area (Å²) in [6.07, 6.45) is -3.54. The third kappa shape index (κ3) is 2.77. The van der Waals surface area contributed by atoms with Crippen LogP contribution in [0.3, 0.4) is 0 Å². The Balaban J connectivity index is 2.49. The van der Waals surface area contributed by atoms with Gasteiger partial charge in [-0.25, -0.2) is 4.39 Å². The van der Waals surface area contributed by atoms with Crippen LogP contribution in [0.1, 0.15) is 0 Å². The molecule has 6 heteroatoms. The lowest BCUT2D eigenvalue weighted by Gasteiger charge is -2.12. The van der Waals surface area contributed by atoms with Crippen LogP contribution in [-0.4, -0.2) is 11.3 Å². The normalized spacial score (nSPS) is 11.3. The van der Waals surface area contributed by atoms with Gasteiger partial charge < -0.3 is 4.74 Å². The monoisotopic (exact) mass is 257 g/mol. The molecule has 18 heavy (non-hydrogen) atoms. The molecule has 0 N–H and O–H groups in total. The Morgan fingerprint density at radius 1 is 1.00 bits per heavy atom. The van der Waals surface area contributed by atoms with Crippen LogP contribution in [0.2, 0.25) is 0 Å². The van der Waals surface area contributed by atoms with Crippen LogP contribution in [0.5, 0.6) is 5.75 Å². The molecule has 0 atom stereocenters. The van der Waals surface area contributed by atoms with Crippen molar-refractivity contribution >= 4 is 0 Å². The van der Waals surface area contributed by atoms with E-state index in [1.165, 1.54) is 30.5 Å². The second-order valence-corrected chi connectivity index (χ2v) is 3.38. The molecule has 0 unspecified atom stereocenters. The zero-order valence-electron chi connectivity index (χ0n) is 8.91. The number of alkyl halides is 3. The molecular weight excluding hydrogens is 250 g/mol. The van der Waals surface area contributed by atoms with Gasteiger partial charge in [0.25, 0.3) is 0 Å². The lowest BCUT2D eigenvalue weighted by molar-refractivity contribution is -0.274. The van der Waals surface area contributed by atoms with E-state index in [9.17, 15) is 17.6 Å². The third-order valence-corrected chi connectivity index (χ3v) is 2.13. The number of halogens is 4. The molecule has 0 fully saturated rings. The van der Waals surface area contributed by atoms with Crippen molar-refractivity contribution in [3.63, 3.8) is 0 Å². The molecular formula is C12H7F4NO. The van der Waals surface area contributed by atoms with E-state index >= 15 is 0 Å². The molecule has 1 aromatic carbocycles. The minimum Gasteiger partial charge on any atom is -0.405 e. The highest BCUT2D eigenvalue weighted by Crippen LogP contribution is 2.33. The highest BCUT2D eigenvalue weighted by molar-refractivity contribution is 5.67. The number of rotatable bonds is 2. The number of ether oxygens (including phenoxy) is 1. The first-order chi connectivity index (χ1) is 8.47. The average molecular weight is 257 g/mol. The molecule has 0 amide bonds. The van der Waals surface area contributed by atoms with Gasteiger partial charge in [-0.1, -0.05) is 12.1 Å². The molecule has 1 heterocycles. The van der Waals surface area contributed by atoms with Gasteiger partial charge in [-0.15, -0.1) is 13.2 Å². The number of pyridine rings is 1. The maximum absolute atomic E-state index is 13.5. The lowest BCUT2D eigenvalue weighted by atomic mass is 10.1. The van der Waals surface area contributed by atoms with Gasteiger partial charge in [0.2, 0.25) is 0 Å².